The fraction of sp³-hybridized carbons (Fsp3) is 0.421. The van der Waals surface area contributed by atoms with Gasteiger partial charge in [-0.15, -0.1) is 0 Å². The van der Waals surface area contributed by atoms with Crippen LogP contribution in [0.15, 0.2) is 30.9 Å². The number of aromatic amines is 1. The molecule has 0 spiro atoms. The van der Waals surface area contributed by atoms with Gasteiger partial charge in [-0.25, -0.2) is 9.97 Å². The van der Waals surface area contributed by atoms with Crippen molar-refractivity contribution >= 4 is 16.9 Å². The third-order valence-electron chi connectivity index (χ3n) is 5.21. The zero-order valence-electron chi connectivity index (χ0n) is 15.3. The van der Waals surface area contributed by atoms with E-state index in [9.17, 15) is 18.0 Å². The van der Waals surface area contributed by atoms with Gasteiger partial charge in [0.1, 0.15) is 24.2 Å². The number of nitrogens with one attached hydrogen (secondary N) is 1. The van der Waals surface area contributed by atoms with Crippen LogP contribution in [0.5, 0.6) is 0 Å². The first kappa shape index (κ1) is 18.5. The van der Waals surface area contributed by atoms with Crippen molar-refractivity contribution in [3.8, 4) is 11.3 Å². The molecule has 0 aromatic carbocycles. The normalized spacial score (nSPS) is 15.0. The van der Waals surface area contributed by atoms with Gasteiger partial charge >= 0.3 is 6.18 Å². The van der Waals surface area contributed by atoms with Crippen molar-refractivity contribution < 1.29 is 18.0 Å². The first-order chi connectivity index (χ1) is 13.3. The molecular formula is C19H20F3N5O. The summed E-state index contributed by atoms with van der Waals surface area (Å²) in [6.45, 7) is -1.10. The van der Waals surface area contributed by atoms with E-state index in [0.717, 1.165) is 29.5 Å². The second-order valence-electron chi connectivity index (χ2n) is 7.28. The number of amides is 1. The Hall–Kier alpha value is -2.84. The highest BCUT2D eigenvalue weighted by atomic mass is 19.4. The second kappa shape index (κ2) is 6.96. The van der Waals surface area contributed by atoms with Crippen LogP contribution in [0.1, 0.15) is 29.8 Å². The number of hydrogen-bond acceptors (Lipinski definition) is 3. The van der Waals surface area contributed by atoms with Gasteiger partial charge in [0.25, 0.3) is 5.91 Å². The van der Waals surface area contributed by atoms with E-state index < -0.39 is 18.6 Å². The van der Waals surface area contributed by atoms with Gasteiger partial charge < -0.3 is 14.5 Å². The van der Waals surface area contributed by atoms with Gasteiger partial charge in [0.2, 0.25) is 0 Å². The molecule has 0 atom stereocenters. The predicted octanol–water partition coefficient (Wildman–Crippen LogP) is 3.77. The number of fused-ring (bicyclic) bond motifs is 1. The Bertz CT molecular complexity index is 1000. The predicted molar refractivity (Wildman–Crippen MR) is 97.6 cm³/mol. The molecule has 148 valence electrons. The van der Waals surface area contributed by atoms with E-state index in [1.807, 2.05) is 6.07 Å². The van der Waals surface area contributed by atoms with Crippen LogP contribution in [-0.4, -0.2) is 49.6 Å². The lowest BCUT2D eigenvalue weighted by Crippen LogP contribution is -2.43. The molecule has 0 aliphatic heterocycles. The number of H-pyrrole nitrogens is 1. The second-order valence-corrected chi connectivity index (χ2v) is 7.28. The minimum absolute atomic E-state index is 0.133. The summed E-state index contributed by atoms with van der Waals surface area (Å²) < 4.78 is 40.7. The fourth-order valence-corrected chi connectivity index (χ4v) is 3.59. The molecule has 28 heavy (non-hydrogen) atoms. The van der Waals surface area contributed by atoms with Crippen molar-refractivity contribution in [1.29, 1.82) is 0 Å². The summed E-state index contributed by atoms with van der Waals surface area (Å²) in [6, 6.07) is 3.42. The van der Waals surface area contributed by atoms with Crippen molar-refractivity contribution in [3.63, 3.8) is 0 Å². The van der Waals surface area contributed by atoms with Crippen LogP contribution in [-0.2, 0) is 7.05 Å². The first-order valence-electron chi connectivity index (χ1n) is 9.12. The van der Waals surface area contributed by atoms with Crippen LogP contribution in [0.2, 0.25) is 0 Å². The van der Waals surface area contributed by atoms with Gasteiger partial charge in [-0.05, 0) is 30.9 Å². The Morgan fingerprint density at radius 1 is 1.36 bits per heavy atom. The highest BCUT2D eigenvalue weighted by Gasteiger charge is 2.36. The molecule has 1 amide bonds. The standard InChI is InChI=1S/C19H20F3N5O/c1-26-9-13(16-14-5-6-23-17(14)25-11-24-16)7-15(26)18(28)27(10-19(20,21)22)8-12-3-2-4-12/h5-7,9,11-12H,2-4,8,10H2,1H3,(H,23,24,25). The number of carbonyl (C=O) groups excluding carboxylic acids is 1. The highest BCUT2D eigenvalue weighted by Crippen LogP contribution is 2.30. The number of aryl methyl sites for hydroxylation is 1. The molecule has 3 aromatic heterocycles. The third kappa shape index (κ3) is 3.61. The summed E-state index contributed by atoms with van der Waals surface area (Å²) in [5.41, 5.74) is 2.15. The molecule has 1 saturated carbocycles. The van der Waals surface area contributed by atoms with E-state index in [1.165, 1.54) is 6.33 Å². The van der Waals surface area contributed by atoms with Crippen molar-refractivity contribution in [2.75, 3.05) is 13.1 Å². The molecule has 0 bridgehead atoms. The number of nitrogens with zero attached hydrogens (tertiary/aromatic N) is 4. The molecule has 6 nitrogen and oxygen atoms in total. The molecule has 0 saturated heterocycles. The van der Waals surface area contributed by atoms with E-state index in [4.69, 9.17) is 0 Å². The molecule has 1 N–H and O–H groups in total. The number of rotatable bonds is 5. The van der Waals surface area contributed by atoms with E-state index in [-0.39, 0.29) is 18.2 Å². The summed E-state index contributed by atoms with van der Waals surface area (Å²) in [5, 5.41) is 0.786. The maximum atomic E-state index is 13.0. The molecule has 0 radical (unpaired) electrons. The monoisotopic (exact) mass is 391 g/mol. The number of alkyl halides is 3. The lowest BCUT2D eigenvalue weighted by Gasteiger charge is -2.32. The number of carbonyl (C=O) groups is 1. The zero-order chi connectivity index (χ0) is 19.9. The Morgan fingerprint density at radius 2 is 2.14 bits per heavy atom. The zero-order valence-corrected chi connectivity index (χ0v) is 15.3. The van der Waals surface area contributed by atoms with E-state index in [0.29, 0.717) is 16.9 Å². The average Bonchev–Trinajstić information content (AvgIpc) is 3.21. The quantitative estimate of drug-likeness (QED) is 0.720. The van der Waals surface area contributed by atoms with Gasteiger partial charge in [-0.3, -0.25) is 4.79 Å². The Balaban J connectivity index is 1.65. The van der Waals surface area contributed by atoms with Gasteiger partial charge in [-0.2, -0.15) is 13.2 Å². The van der Waals surface area contributed by atoms with Crippen LogP contribution in [0.4, 0.5) is 13.2 Å². The van der Waals surface area contributed by atoms with Crippen molar-refractivity contribution in [2.24, 2.45) is 13.0 Å². The average molecular weight is 391 g/mol. The molecule has 4 rings (SSSR count). The van der Waals surface area contributed by atoms with Gasteiger partial charge in [0.15, 0.2) is 0 Å². The fourth-order valence-electron chi connectivity index (χ4n) is 3.59. The Kier molecular flexibility index (Phi) is 4.60. The van der Waals surface area contributed by atoms with E-state index >= 15 is 0 Å². The summed E-state index contributed by atoms with van der Waals surface area (Å²) in [5.74, 6) is -0.468. The smallest absolute Gasteiger partial charge is 0.346 e. The molecule has 0 unspecified atom stereocenters. The van der Waals surface area contributed by atoms with E-state index in [2.05, 4.69) is 15.0 Å². The summed E-state index contributed by atoms with van der Waals surface area (Å²) in [7, 11) is 1.65. The summed E-state index contributed by atoms with van der Waals surface area (Å²) in [6.07, 6.45) is 3.16. The largest absolute Gasteiger partial charge is 0.406 e. The van der Waals surface area contributed by atoms with E-state index in [1.54, 1.807) is 30.1 Å². The molecule has 3 aromatic rings. The maximum Gasteiger partial charge on any atom is 0.406 e. The van der Waals surface area contributed by atoms with Crippen LogP contribution in [0.25, 0.3) is 22.3 Å². The van der Waals surface area contributed by atoms with Crippen molar-refractivity contribution in [3.05, 3.63) is 36.5 Å². The number of aromatic nitrogens is 4. The number of halogens is 3. The minimum Gasteiger partial charge on any atom is -0.346 e. The molecule has 9 heteroatoms. The lowest BCUT2D eigenvalue weighted by molar-refractivity contribution is -0.142. The third-order valence-corrected chi connectivity index (χ3v) is 5.21. The molecular weight excluding hydrogens is 371 g/mol. The SMILES string of the molecule is Cn1cc(-c2ncnc3[nH]ccc23)cc1C(=O)N(CC1CCC1)CC(F)(F)F. The van der Waals surface area contributed by atoms with Crippen LogP contribution in [0, 0.1) is 5.92 Å². The lowest BCUT2D eigenvalue weighted by atomic mass is 9.85. The Morgan fingerprint density at radius 3 is 2.82 bits per heavy atom. The maximum absolute atomic E-state index is 13.0. The molecule has 3 heterocycles. The minimum atomic E-state index is -4.43. The van der Waals surface area contributed by atoms with Crippen molar-refractivity contribution in [2.45, 2.75) is 25.4 Å². The van der Waals surface area contributed by atoms with Gasteiger partial charge in [-0.1, -0.05) is 6.42 Å². The Labute approximate surface area is 159 Å². The van der Waals surface area contributed by atoms with Crippen LogP contribution < -0.4 is 0 Å². The van der Waals surface area contributed by atoms with Gasteiger partial charge in [0, 0.05) is 36.9 Å². The summed E-state index contributed by atoms with van der Waals surface area (Å²) >= 11 is 0. The molecule has 1 aliphatic carbocycles. The van der Waals surface area contributed by atoms with Crippen molar-refractivity contribution in [1.82, 2.24) is 24.4 Å². The topological polar surface area (TPSA) is 66.8 Å². The molecule has 1 fully saturated rings. The van der Waals surface area contributed by atoms with Crippen LogP contribution >= 0.6 is 0 Å². The highest BCUT2D eigenvalue weighted by molar-refractivity contribution is 5.96. The summed E-state index contributed by atoms with van der Waals surface area (Å²) in [4.78, 5) is 25.3. The number of hydrogen-bond donors (Lipinski definition) is 1. The first-order valence-corrected chi connectivity index (χ1v) is 9.12. The van der Waals surface area contributed by atoms with Gasteiger partial charge in [0.05, 0.1) is 5.69 Å². The molecule has 1 aliphatic rings. The van der Waals surface area contributed by atoms with Crippen LogP contribution in [0.3, 0.4) is 0 Å².